The molecule has 10 nitrogen and oxygen atoms in total. The molecular formula is C21H37N2O8P. The number of methoxy groups -OCH3 is 1. The smallest absolute Gasteiger partial charge is 0.330 e. The first-order valence-electron chi connectivity index (χ1n) is 10.8. The van der Waals surface area contributed by atoms with E-state index in [-0.39, 0.29) is 19.1 Å². The first-order valence-corrected chi connectivity index (χ1v) is 13.5. The minimum Gasteiger partial charge on any atom is -0.387 e. The first kappa shape index (κ1) is 27.0. The van der Waals surface area contributed by atoms with E-state index in [2.05, 4.69) is 4.98 Å². The van der Waals surface area contributed by atoms with E-state index in [0.29, 0.717) is 12.2 Å². The summed E-state index contributed by atoms with van der Waals surface area (Å²) in [7, 11) is -1.08. The molecule has 0 spiro atoms. The van der Waals surface area contributed by atoms with Crippen LogP contribution in [-0.2, 0) is 23.5 Å². The normalized spacial score (nSPS) is 25.9. The van der Waals surface area contributed by atoms with Gasteiger partial charge in [0.25, 0.3) is 5.56 Å². The van der Waals surface area contributed by atoms with Crippen LogP contribution in [0.25, 0.3) is 0 Å². The number of hydrogen-bond donors (Lipinski definition) is 2. The summed E-state index contributed by atoms with van der Waals surface area (Å²) in [5, 5.41) is 11.2. The number of nitrogens with zero attached hydrogens (tertiary/aromatic N) is 1. The van der Waals surface area contributed by atoms with E-state index < -0.39 is 54.7 Å². The summed E-state index contributed by atoms with van der Waals surface area (Å²) in [4.78, 5) is 26.6. The molecule has 0 radical (unpaired) electrons. The second kappa shape index (κ2) is 11.2. The monoisotopic (exact) mass is 476 g/mol. The number of aliphatic hydroxyl groups excluding tert-OH is 1. The van der Waals surface area contributed by atoms with Crippen LogP contribution in [0.1, 0.15) is 32.6 Å². The fraction of sp³-hybridized carbons (Fsp3) is 0.810. The van der Waals surface area contributed by atoms with E-state index in [4.69, 9.17) is 18.9 Å². The number of aromatic amines is 1. The van der Waals surface area contributed by atoms with Gasteiger partial charge in [-0.2, -0.15) is 0 Å². The van der Waals surface area contributed by atoms with Crippen LogP contribution >= 0.6 is 7.14 Å². The Kier molecular flexibility index (Phi) is 9.46. The van der Waals surface area contributed by atoms with E-state index in [1.54, 1.807) is 20.3 Å². The van der Waals surface area contributed by atoms with Gasteiger partial charge in [-0.1, -0.05) is 20.8 Å². The number of rotatable bonds is 11. The van der Waals surface area contributed by atoms with Gasteiger partial charge in [0.15, 0.2) is 6.23 Å². The summed E-state index contributed by atoms with van der Waals surface area (Å²) < 4.78 is 37.2. The summed E-state index contributed by atoms with van der Waals surface area (Å²) in [5.41, 5.74) is -1.27. The van der Waals surface area contributed by atoms with Crippen molar-refractivity contribution >= 4 is 7.14 Å². The number of H-pyrrole nitrogens is 1. The minimum atomic E-state index is -2.61. The molecular weight excluding hydrogens is 439 g/mol. The highest BCUT2D eigenvalue weighted by Crippen LogP contribution is 2.47. The van der Waals surface area contributed by atoms with E-state index in [9.17, 15) is 19.3 Å². The third-order valence-corrected chi connectivity index (χ3v) is 7.93. The third kappa shape index (κ3) is 6.40. The molecule has 0 aromatic carbocycles. The molecule has 1 aromatic heterocycles. The highest BCUT2D eigenvalue weighted by molar-refractivity contribution is 7.63. The van der Waals surface area contributed by atoms with Crippen molar-refractivity contribution < 1.29 is 28.6 Å². The largest absolute Gasteiger partial charge is 0.387 e. The quantitative estimate of drug-likeness (QED) is 0.360. The lowest BCUT2D eigenvalue weighted by atomic mass is 10.0. The molecule has 0 amide bonds. The van der Waals surface area contributed by atoms with Crippen LogP contribution in [0, 0.1) is 12.8 Å². The Balaban J connectivity index is 2.46. The van der Waals surface area contributed by atoms with Crippen molar-refractivity contribution in [2.24, 2.45) is 5.92 Å². The van der Waals surface area contributed by atoms with Crippen LogP contribution in [0.3, 0.4) is 0 Å². The first-order chi connectivity index (χ1) is 14.9. The van der Waals surface area contributed by atoms with E-state index in [1.807, 2.05) is 20.8 Å². The standard InChI is InChI=1S/C21H37N2O8P/c1-12(2)11-30-16(14(4)32(6,7)27)17-15(24)18(29-9-8-28-5)20(31-17)23-10-13(3)19(25)22-21(23)26/h10,12,14-18,20,24H,8-9,11H2,1-7H3,(H,22,25,26)/t14-,15+,16+,17-,18+,20+/m0/s1. The highest BCUT2D eigenvalue weighted by atomic mass is 31.2. The molecule has 2 heterocycles. The van der Waals surface area contributed by atoms with Gasteiger partial charge >= 0.3 is 5.69 Å². The van der Waals surface area contributed by atoms with Crippen molar-refractivity contribution in [2.75, 3.05) is 40.3 Å². The van der Waals surface area contributed by atoms with E-state index >= 15 is 0 Å². The van der Waals surface area contributed by atoms with Crippen molar-refractivity contribution in [3.8, 4) is 0 Å². The van der Waals surface area contributed by atoms with Gasteiger partial charge in [-0.15, -0.1) is 0 Å². The average Bonchev–Trinajstić information content (AvgIpc) is 3.00. The summed E-state index contributed by atoms with van der Waals surface area (Å²) in [6.45, 7) is 11.5. The van der Waals surface area contributed by atoms with Crippen LogP contribution in [0.2, 0.25) is 0 Å². The molecule has 0 saturated carbocycles. The molecule has 2 rings (SSSR count). The molecule has 32 heavy (non-hydrogen) atoms. The summed E-state index contributed by atoms with van der Waals surface area (Å²) >= 11 is 0. The SMILES string of the molecule is COCCO[C@@H]1[C@H](O)[C@@H]([C@H](OCC(C)C)[C@H](C)P(C)(C)=O)O[C@H]1n1cc(C)c(=O)[nH]c1=O. The minimum absolute atomic E-state index is 0.162. The van der Waals surface area contributed by atoms with Gasteiger partial charge in [0.1, 0.15) is 18.3 Å². The predicted molar refractivity (Wildman–Crippen MR) is 121 cm³/mol. The van der Waals surface area contributed by atoms with Crippen LogP contribution < -0.4 is 11.2 Å². The second-order valence-electron chi connectivity index (χ2n) is 9.16. The topological polar surface area (TPSA) is 129 Å². The Hall–Kier alpha value is -1.29. The van der Waals surface area contributed by atoms with Gasteiger partial charge in [-0.3, -0.25) is 14.3 Å². The average molecular weight is 477 g/mol. The lowest BCUT2D eigenvalue weighted by Gasteiger charge is -2.33. The van der Waals surface area contributed by atoms with Crippen molar-refractivity contribution in [3.05, 3.63) is 32.6 Å². The molecule has 0 unspecified atom stereocenters. The fourth-order valence-corrected chi connectivity index (χ4v) is 4.52. The lowest BCUT2D eigenvalue weighted by Crippen LogP contribution is -2.46. The van der Waals surface area contributed by atoms with Crippen LogP contribution in [0.5, 0.6) is 0 Å². The molecule has 2 N–H and O–H groups in total. The third-order valence-electron chi connectivity index (χ3n) is 5.67. The second-order valence-corrected chi connectivity index (χ2v) is 12.8. The van der Waals surface area contributed by atoms with Crippen molar-refractivity contribution in [2.45, 2.75) is 64.0 Å². The fourth-order valence-electron chi connectivity index (χ4n) is 3.56. The van der Waals surface area contributed by atoms with Gasteiger partial charge in [-0.25, -0.2) is 4.79 Å². The highest BCUT2D eigenvalue weighted by Gasteiger charge is 2.51. The number of aryl methyl sites for hydroxylation is 1. The number of ether oxygens (including phenoxy) is 4. The summed E-state index contributed by atoms with van der Waals surface area (Å²) in [5.74, 6) is 0.213. The molecule has 0 aliphatic carbocycles. The molecule has 1 aliphatic rings. The van der Waals surface area contributed by atoms with Crippen molar-refractivity contribution in [1.82, 2.24) is 9.55 Å². The molecule has 6 atom stereocenters. The molecule has 0 bridgehead atoms. The Morgan fingerprint density at radius 3 is 2.47 bits per heavy atom. The Morgan fingerprint density at radius 2 is 1.91 bits per heavy atom. The Bertz CT molecular complexity index is 908. The van der Waals surface area contributed by atoms with Crippen molar-refractivity contribution in [3.63, 3.8) is 0 Å². The maximum atomic E-state index is 12.9. The zero-order chi connectivity index (χ0) is 24.2. The maximum absolute atomic E-state index is 12.9. The number of nitrogens with one attached hydrogen (secondary N) is 1. The molecule has 1 saturated heterocycles. The van der Waals surface area contributed by atoms with Gasteiger partial charge in [0.05, 0.1) is 26.5 Å². The number of aliphatic hydroxyl groups is 1. The van der Waals surface area contributed by atoms with Gasteiger partial charge < -0.3 is 28.6 Å². The zero-order valence-corrected chi connectivity index (χ0v) is 20.8. The van der Waals surface area contributed by atoms with Gasteiger partial charge in [-0.05, 0) is 26.2 Å². The van der Waals surface area contributed by atoms with E-state index in [1.165, 1.54) is 17.9 Å². The summed E-state index contributed by atoms with van der Waals surface area (Å²) in [6.07, 6.45) is -3.31. The van der Waals surface area contributed by atoms with Crippen molar-refractivity contribution in [1.29, 1.82) is 0 Å². The maximum Gasteiger partial charge on any atom is 0.330 e. The summed E-state index contributed by atoms with van der Waals surface area (Å²) in [6, 6.07) is 0. The van der Waals surface area contributed by atoms with Crippen LogP contribution in [-0.4, -0.2) is 85.0 Å². The number of aromatic nitrogens is 2. The Labute approximate surface area is 188 Å². The molecule has 11 heteroatoms. The van der Waals surface area contributed by atoms with Gasteiger partial charge in [0, 0.05) is 31.1 Å². The Morgan fingerprint density at radius 1 is 1.25 bits per heavy atom. The molecule has 1 aliphatic heterocycles. The molecule has 184 valence electrons. The molecule has 1 aromatic rings. The number of hydrogen-bond acceptors (Lipinski definition) is 8. The zero-order valence-electron chi connectivity index (χ0n) is 19.9. The van der Waals surface area contributed by atoms with Crippen LogP contribution in [0.15, 0.2) is 15.8 Å². The predicted octanol–water partition coefficient (Wildman–Crippen LogP) is 1.19. The van der Waals surface area contributed by atoms with Crippen LogP contribution in [0.4, 0.5) is 0 Å². The lowest BCUT2D eigenvalue weighted by molar-refractivity contribution is -0.114. The van der Waals surface area contributed by atoms with E-state index in [0.717, 1.165) is 0 Å². The molecule has 1 fully saturated rings. The van der Waals surface area contributed by atoms with Gasteiger partial charge in [0.2, 0.25) is 0 Å².